The molecule has 20 heavy (non-hydrogen) atoms. The van der Waals surface area contributed by atoms with E-state index in [9.17, 15) is 0 Å². The summed E-state index contributed by atoms with van der Waals surface area (Å²) in [5.74, 6) is 0.901. The lowest BCUT2D eigenvalue weighted by atomic mass is 10.2. The van der Waals surface area contributed by atoms with Gasteiger partial charge in [0.2, 0.25) is 0 Å². The van der Waals surface area contributed by atoms with Crippen LogP contribution in [0.2, 0.25) is 0 Å². The summed E-state index contributed by atoms with van der Waals surface area (Å²) in [5.41, 5.74) is 2.13. The number of H-pyrrole nitrogens is 1. The topological polar surface area (TPSA) is 66.5 Å². The molecule has 0 bridgehead atoms. The predicted octanol–water partition coefficient (Wildman–Crippen LogP) is 3.00. The summed E-state index contributed by atoms with van der Waals surface area (Å²) in [6.45, 7) is 0.872. The zero-order chi connectivity index (χ0) is 13.8. The monoisotopic (exact) mass is 379 g/mol. The van der Waals surface area contributed by atoms with E-state index >= 15 is 0 Å². The van der Waals surface area contributed by atoms with Crippen molar-refractivity contribution in [3.8, 4) is 0 Å². The molecule has 3 rings (SSSR count). The standard InChI is InChI=1S/C14H14IN5/c15-10-3-4-13-12(8-10)14(18-9-17-13)16-6-1-2-11-5-7-19-20-11/h3-5,7-9H,1-2,6H2,(H,19,20)(H,16,17,18). The zero-order valence-electron chi connectivity index (χ0n) is 10.8. The summed E-state index contributed by atoms with van der Waals surface area (Å²) >= 11 is 2.30. The van der Waals surface area contributed by atoms with E-state index in [2.05, 4.69) is 60.2 Å². The van der Waals surface area contributed by atoms with Gasteiger partial charge in [-0.1, -0.05) is 0 Å². The van der Waals surface area contributed by atoms with Crippen molar-refractivity contribution in [3.63, 3.8) is 0 Å². The van der Waals surface area contributed by atoms with Gasteiger partial charge in [-0.2, -0.15) is 5.10 Å². The normalized spacial score (nSPS) is 10.8. The van der Waals surface area contributed by atoms with Gasteiger partial charge < -0.3 is 5.32 Å². The van der Waals surface area contributed by atoms with Crippen molar-refractivity contribution in [3.05, 3.63) is 46.1 Å². The first kappa shape index (κ1) is 13.3. The van der Waals surface area contributed by atoms with Crippen molar-refractivity contribution >= 4 is 39.3 Å². The summed E-state index contributed by atoms with van der Waals surface area (Å²) in [6.07, 6.45) is 5.39. The zero-order valence-corrected chi connectivity index (χ0v) is 13.0. The van der Waals surface area contributed by atoms with Crippen LogP contribution in [0.1, 0.15) is 12.1 Å². The molecule has 0 unspecified atom stereocenters. The smallest absolute Gasteiger partial charge is 0.137 e. The predicted molar refractivity (Wildman–Crippen MR) is 87.7 cm³/mol. The third-order valence-corrected chi connectivity index (χ3v) is 3.74. The maximum atomic E-state index is 4.34. The minimum atomic E-state index is 0.872. The summed E-state index contributed by atoms with van der Waals surface area (Å²) in [6, 6.07) is 8.18. The van der Waals surface area contributed by atoms with Crippen LogP contribution in [0.3, 0.4) is 0 Å². The average molecular weight is 379 g/mol. The second kappa shape index (κ2) is 6.17. The van der Waals surface area contributed by atoms with Crippen LogP contribution < -0.4 is 5.32 Å². The fourth-order valence-electron chi connectivity index (χ4n) is 2.08. The molecule has 0 spiro atoms. The van der Waals surface area contributed by atoms with Gasteiger partial charge >= 0.3 is 0 Å². The van der Waals surface area contributed by atoms with Gasteiger partial charge in [0.05, 0.1) is 5.52 Å². The molecule has 0 saturated carbocycles. The molecule has 0 atom stereocenters. The van der Waals surface area contributed by atoms with Gasteiger partial charge in [0.1, 0.15) is 12.1 Å². The number of aromatic amines is 1. The maximum Gasteiger partial charge on any atom is 0.137 e. The van der Waals surface area contributed by atoms with E-state index in [0.717, 1.165) is 41.8 Å². The largest absolute Gasteiger partial charge is 0.369 e. The fourth-order valence-corrected chi connectivity index (χ4v) is 2.57. The molecule has 0 saturated heterocycles. The van der Waals surface area contributed by atoms with Crippen LogP contribution in [0.25, 0.3) is 10.9 Å². The first-order valence-corrected chi connectivity index (χ1v) is 7.53. The number of hydrogen-bond acceptors (Lipinski definition) is 4. The van der Waals surface area contributed by atoms with Crippen molar-refractivity contribution in [2.45, 2.75) is 12.8 Å². The Morgan fingerprint density at radius 3 is 3.00 bits per heavy atom. The molecule has 3 aromatic rings. The number of anilines is 1. The fraction of sp³-hybridized carbons (Fsp3) is 0.214. The lowest BCUT2D eigenvalue weighted by molar-refractivity contribution is 0.825. The molecule has 0 fully saturated rings. The highest BCUT2D eigenvalue weighted by Gasteiger charge is 2.03. The summed E-state index contributed by atoms with van der Waals surface area (Å²) in [4.78, 5) is 8.62. The highest BCUT2D eigenvalue weighted by molar-refractivity contribution is 14.1. The van der Waals surface area contributed by atoms with Crippen LogP contribution in [0.5, 0.6) is 0 Å². The number of aromatic nitrogens is 4. The SMILES string of the molecule is Ic1ccc2ncnc(NCCCc3ccn[nH]3)c2c1. The van der Waals surface area contributed by atoms with E-state index in [4.69, 9.17) is 0 Å². The first-order chi connectivity index (χ1) is 9.83. The number of nitrogens with one attached hydrogen (secondary N) is 2. The molecule has 1 aromatic carbocycles. The highest BCUT2D eigenvalue weighted by atomic mass is 127. The van der Waals surface area contributed by atoms with Crippen LogP contribution in [-0.2, 0) is 6.42 Å². The van der Waals surface area contributed by atoms with E-state index in [1.807, 2.05) is 12.1 Å². The van der Waals surface area contributed by atoms with Gasteiger partial charge in [0, 0.05) is 27.4 Å². The van der Waals surface area contributed by atoms with Crippen LogP contribution in [0.4, 0.5) is 5.82 Å². The molecule has 0 aliphatic carbocycles. The second-order valence-electron chi connectivity index (χ2n) is 4.50. The van der Waals surface area contributed by atoms with Gasteiger partial charge in [0.15, 0.2) is 0 Å². The quantitative estimate of drug-likeness (QED) is 0.529. The molecule has 0 aliphatic heterocycles. The third-order valence-electron chi connectivity index (χ3n) is 3.07. The number of nitrogens with zero attached hydrogens (tertiary/aromatic N) is 3. The molecular weight excluding hydrogens is 365 g/mol. The summed E-state index contributed by atoms with van der Waals surface area (Å²) in [7, 11) is 0. The molecule has 2 heterocycles. The Balaban J connectivity index is 1.66. The number of fused-ring (bicyclic) bond motifs is 1. The van der Waals surface area contributed by atoms with Crippen LogP contribution >= 0.6 is 22.6 Å². The van der Waals surface area contributed by atoms with E-state index in [0.29, 0.717) is 0 Å². The van der Waals surface area contributed by atoms with Gasteiger partial charge in [-0.25, -0.2) is 9.97 Å². The summed E-state index contributed by atoms with van der Waals surface area (Å²) < 4.78 is 1.19. The Bertz CT molecular complexity index is 696. The van der Waals surface area contributed by atoms with Gasteiger partial charge in [0.25, 0.3) is 0 Å². The molecule has 0 amide bonds. The van der Waals surface area contributed by atoms with E-state index in [-0.39, 0.29) is 0 Å². The van der Waals surface area contributed by atoms with Crippen molar-refractivity contribution < 1.29 is 0 Å². The molecule has 0 aliphatic rings. The highest BCUT2D eigenvalue weighted by Crippen LogP contribution is 2.21. The number of aryl methyl sites for hydroxylation is 1. The van der Waals surface area contributed by atoms with Gasteiger partial charge in [-0.3, -0.25) is 5.10 Å². The Kier molecular flexibility index (Phi) is 4.10. The molecule has 5 nitrogen and oxygen atoms in total. The third kappa shape index (κ3) is 3.06. The van der Waals surface area contributed by atoms with Gasteiger partial charge in [-0.15, -0.1) is 0 Å². The van der Waals surface area contributed by atoms with Crippen LogP contribution in [-0.4, -0.2) is 26.7 Å². The number of halogens is 1. The van der Waals surface area contributed by atoms with Crippen molar-refractivity contribution in [1.29, 1.82) is 0 Å². The van der Waals surface area contributed by atoms with Crippen LogP contribution in [0, 0.1) is 3.57 Å². The minimum Gasteiger partial charge on any atom is -0.369 e. The van der Waals surface area contributed by atoms with Crippen molar-refractivity contribution in [2.75, 3.05) is 11.9 Å². The molecule has 2 N–H and O–H groups in total. The molecule has 6 heteroatoms. The van der Waals surface area contributed by atoms with E-state index in [1.165, 1.54) is 3.57 Å². The average Bonchev–Trinajstić information content (AvgIpc) is 2.97. The maximum absolute atomic E-state index is 4.34. The lowest BCUT2D eigenvalue weighted by Gasteiger charge is -2.08. The Morgan fingerprint density at radius 1 is 1.20 bits per heavy atom. The van der Waals surface area contributed by atoms with Crippen molar-refractivity contribution in [1.82, 2.24) is 20.2 Å². The molecule has 102 valence electrons. The molecule has 0 radical (unpaired) electrons. The van der Waals surface area contributed by atoms with E-state index in [1.54, 1.807) is 12.5 Å². The van der Waals surface area contributed by atoms with E-state index < -0.39 is 0 Å². The van der Waals surface area contributed by atoms with Crippen LogP contribution in [0.15, 0.2) is 36.8 Å². The number of rotatable bonds is 5. The second-order valence-corrected chi connectivity index (χ2v) is 5.74. The molecule has 2 aromatic heterocycles. The Hall–Kier alpha value is -1.70. The Morgan fingerprint density at radius 2 is 2.15 bits per heavy atom. The first-order valence-electron chi connectivity index (χ1n) is 6.45. The lowest BCUT2D eigenvalue weighted by Crippen LogP contribution is -2.05. The van der Waals surface area contributed by atoms with Gasteiger partial charge in [-0.05, 0) is 59.7 Å². The van der Waals surface area contributed by atoms with Crippen molar-refractivity contribution in [2.24, 2.45) is 0 Å². The summed E-state index contributed by atoms with van der Waals surface area (Å²) in [5, 5.41) is 11.4. The molecular formula is C14H14IN5. The Labute approximate surface area is 130 Å². The number of benzene rings is 1. The minimum absolute atomic E-state index is 0.872. The number of hydrogen-bond donors (Lipinski definition) is 2.